The molecule has 0 atom stereocenters. The van der Waals surface area contributed by atoms with Crippen molar-refractivity contribution in [1.29, 1.82) is 0 Å². The maximum Gasteiger partial charge on any atom is 0.251 e. The maximum atomic E-state index is 12.0. The van der Waals surface area contributed by atoms with E-state index in [2.05, 4.69) is 10.6 Å². The van der Waals surface area contributed by atoms with E-state index in [1.165, 1.54) is 0 Å². The van der Waals surface area contributed by atoms with Crippen molar-refractivity contribution in [2.45, 2.75) is 13.5 Å². The first-order valence-electron chi connectivity index (χ1n) is 8.93. The topological polar surface area (TPSA) is 70.7 Å². The lowest BCUT2D eigenvalue weighted by molar-refractivity contribution is -0.122. The van der Waals surface area contributed by atoms with Gasteiger partial charge in [0.2, 0.25) is 5.91 Å². The Hall–Kier alpha value is -2.86. The summed E-state index contributed by atoms with van der Waals surface area (Å²) in [6.07, 6.45) is 0. The normalized spacial score (nSPS) is 10.5. The minimum atomic E-state index is -0.109. The van der Waals surface area contributed by atoms with E-state index < -0.39 is 0 Å². The van der Waals surface area contributed by atoms with Crippen molar-refractivity contribution in [3.63, 3.8) is 0 Å². The minimum absolute atomic E-state index is 0.0488. The minimum Gasteiger partial charge on any atom is -0.492 e. The van der Waals surface area contributed by atoms with Crippen LogP contribution in [0.25, 0.3) is 0 Å². The monoisotopic (exact) mass is 369 g/mol. The summed E-state index contributed by atoms with van der Waals surface area (Å²) >= 11 is 0. The Morgan fingerprint density at radius 1 is 1.11 bits per heavy atom. The highest BCUT2D eigenvalue weighted by atomic mass is 16.5. The fraction of sp³-hybridized carbons (Fsp3) is 0.333. The van der Waals surface area contributed by atoms with Gasteiger partial charge < -0.3 is 15.4 Å². The van der Waals surface area contributed by atoms with Crippen molar-refractivity contribution in [3.05, 3.63) is 65.2 Å². The van der Waals surface area contributed by atoms with Crippen LogP contribution in [0, 0.1) is 6.92 Å². The quantitative estimate of drug-likeness (QED) is 0.663. The van der Waals surface area contributed by atoms with Crippen LogP contribution in [0.3, 0.4) is 0 Å². The van der Waals surface area contributed by atoms with E-state index >= 15 is 0 Å². The van der Waals surface area contributed by atoms with Gasteiger partial charge in [-0.15, -0.1) is 0 Å². The summed E-state index contributed by atoms with van der Waals surface area (Å²) in [6, 6.07) is 15.2. The van der Waals surface area contributed by atoms with Gasteiger partial charge in [-0.3, -0.25) is 14.5 Å². The number of benzene rings is 2. The smallest absolute Gasteiger partial charge is 0.251 e. The molecule has 0 heterocycles. The average molecular weight is 369 g/mol. The standard InChI is InChI=1S/C21H27N3O3/c1-16-5-4-6-19(13-16)27-12-11-23-20(25)15-24(3)14-17-7-9-18(10-8-17)21(26)22-2/h4-10,13H,11-12,14-15H2,1-3H3,(H,22,26)(H,23,25). The molecule has 144 valence electrons. The number of nitrogens with zero attached hydrogens (tertiary/aromatic N) is 1. The Morgan fingerprint density at radius 2 is 1.85 bits per heavy atom. The number of ether oxygens (including phenoxy) is 1. The molecule has 0 aromatic heterocycles. The zero-order chi connectivity index (χ0) is 19.6. The lowest BCUT2D eigenvalue weighted by Gasteiger charge is -2.16. The molecule has 0 aliphatic carbocycles. The van der Waals surface area contributed by atoms with Gasteiger partial charge in [-0.05, 0) is 49.4 Å². The summed E-state index contributed by atoms with van der Waals surface area (Å²) in [5.74, 6) is 0.649. The molecule has 2 N–H and O–H groups in total. The Bertz CT molecular complexity index is 760. The van der Waals surface area contributed by atoms with Gasteiger partial charge >= 0.3 is 0 Å². The summed E-state index contributed by atoms with van der Waals surface area (Å²) in [5, 5.41) is 5.45. The zero-order valence-corrected chi connectivity index (χ0v) is 16.1. The molecule has 6 heteroatoms. The van der Waals surface area contributed by atoms with Gasteiger partial charge in [-0.1, -0.05) is 24.3 Å². The summed E-state index contributed by atoms with van der Waals surface area (Å²) in [6.45, 7) is 3.82. The Balaban J connectivity index is 1.68. The molecule has 0 aliphatic rings. The van der Waals surface area contributed by atoms with Crippen molar-refractivity contribution in [2.24, 2.45) is 0 Å². The van der Waals surface area contributed by atoms with E-state index in [-0.39, 0.29) is 11.8 Å². The van der Waals surface area contributed by atoms with Crippen LogP contribution in [0.2, 0.25) is 0 Å². The van der Waals surface area contributed by atoms with Crippen molar-refractivity contribution in [2.75, 3.05) is 33.8 Å². The van der Waals surface area contributed by atoms with Crippen molar-refractivity contribution in [1.82, 2.24) is 15.5 Å². The number of aryl methyl sites for hydroxylation is 1. The summed E-state index contributed by atoms with van der Waals surface area (Å²) in [5.41, 5.74) is 2.80. The zero-order valence-electron chi connectivity index (χ0n) is 16.1. The highest BCUT2D eigenvalue weighted by molar-refractivity contribution is 5.93. The predicted molar refractivity (Wildman–Crippen MR) is 106 cm³/mol. The second kappa shape index (κ2) is 10.3. The molecule has 2 amide bonds. The van der Waals surface area contributed by atoms with Crippen LogP contribution in [0.4, 0.5) is 0 Å². The van der Waals surface area contributed by atoms with Gasteiger partial charge in [0.1, 0.15) is 12.4 Å². The van der Waals surface area contributed by atoms with Crippen molar-refractivity contribution >= 4 is 11.8 Å². The van der Waals surface area contributed by atoms with Crippen LogP contribution in [0.15, 0.2) is 48.5 Å². The van der Waals surface area contributed by atoms with Crippen LogP contribution in [0.1, 0.15) is 21.5 Å². The molecule has 0 saturated carbocycles. The lowest BCUT2D eigenvalue weighted by Crippen LogP contribution is -2.36. The van der Waals surface area contributed by atoms with E-state index in [9.17, 15) is 9.59 Å². The first-order chi connectivity index (χ1) is 13.0. The van der Waals surface area contributed by atoms with Crippen LogP contribution in [-0.2, 0) is 11.3 Å². The number of amides is 2. The van der Waals surface area contributed by atoms with Gasteiger partial charge in [0.25, 0.3) is 5.91 Å². The summed E-state index contributed by atoms with van der Waals surface area (Å²) < 4.78 is 5.62. The summed E-state index contributed by atoms with van der Waals surface area (Å²) in [4.78, 5) is 25.5. The first-order valence-corrected chi connectivity index (χ1v) is 8.93. The molecule has 2 aromatic carbocycles. The van der Waals surface area contributed by atoms with Gasteiger partial charge in [-0.2, -0.15) is 0 Å². The van der Waals surface area contributed by atoms with E-state index in [0.717, 1.165) is 16.9 Å². The molecule has 2 rings (SSSR count). The number of carbonyl (C=O) groups is 2. The third-order valence-electron chi connectivity index (χ3n) is 3.99. The third kappa shape index (κ3) is 7.11. The molecule has 0 radical (unpaired) electrons. The third-order valence-corrected chi connectivity index (χ3v) is 3.99. The lowest BCUT2D eigenvalue weighted by atomic mass is 10.1. The molecule has 0 bridgehead atoms. The predicted octanol–water partition coefficient (Wildman–Crippen LogP) is 1.98. The molecule has 27 heavy (non-hydrogen) atoms. The molecule has 0 spiro atoms. The molecule has 6 nitrogen and oxygen atoms in total. The van der Waals surface area contributed by atoms with Crippen LogP contribution >= 0.6 is 0 Å². The number of carbonyl (C=O) groups excluding carboxylic acids is 2. The second-order valence-electron chi connectivity index (χ2n) is 6.46. The van der Waals surface area contributed by atoms with Crippen LogP contribution in [-0.4, -0.2) is 50.5 Å². The molecule has 0 fully saturated rings. The molecule has 0 saturated heterocycles. The first kappa shape index (κ1) is 20.5. The molecular formula is C21H27N3O3. The fourth-order valence-electron chi connectivity index (χ4n) is 2.64. The Labute approximate surface area is 160 Å². The number of likely N-dealkylation sites (N-methyl/N-ethyl adjacent to an activating group) is 1. The van der Waals surface area contributed by atoms with Crippen molar-refractivity contribution < 1.29 is 14.3 Å². The van der Waals surface area contributed by atoms with E-state index in [1.807, 2.05) is 55.3 Å². The largest absolute Gasteiger partial charge is 0.492 e. The fourth-order valence-corrected chi connectivity index (χ4v) is 2.64. The number of hydrogen-bond acceptors (Lipinski definition) is 4. The Kier molecular flexibility index (Phi) is 7.82. The van der Waals surface area contributed by atoms with Crippen LogP contribution < -0.4 is 15.4 Å². The van der Waals surface area contributed by atoms with Crippen LogP contribution in [0.5, 0.6) is 5.75 Å². The van der Waals surface area contributed by atoms with E-state index in [4.69, 9.17) is 4.74 Å². The Morgan fingerprint density at radius 3 is 2.52 bits per heavy atom. The van der Waals surface area contributed by atoms with E-state index in [0.29, 0.717) is 31.8 Å². The molecule has 0 aliphatic heterocycles. The molecule has 0 unspecified atom stereocenters. The summed E-state index contributed by atoms with van der Waals surface area (Å²) in [7, 11) is 3.49. The van der Waals surface area contributed by atoms with E-state index in [1.54, 1.807) is 19.2 Å². The van der Waals surface area contributed by atoms with Crippen molar-refractivity contribution in [3.8, 4) is 5.75 Å². The second-order valence-corrected chi connectivity index (χ2v) is 6.46. The van der Waals surface area contributed by atoms with Gasteiger partial charge in [0.15, 0.2) is 0 Å². The van der Waals surface area contributed by atoms with Gasteiger partial charge in [-0.25, -0.2) is 0 Å². The number of nitrogens with one attached hydrogen (secondary N) is 2. The number of hydrogen-bond donors (Lipinski definition) is 2. The molecule has 2 aromatic rings. The van der Waals surface area contributed by atoms with Gasteiger partial charge in [0.05, 0.1) is 13.1 Å². The molecular weight excluding hydrogens is 342 g/mol. The van der Waals surface area contributed by atoms with Gasteiger partial charge in [0, 0.05) is 19.2 Å². The average Bonchev–Trinajstić information content (AvgIpc) is 2.65. The maximum absolute atomic E-state index is 12.0. The highest BCUT2D eigenvalue weighted by Crippen LogP contribution is 2.11. The highest BCUT2D eigenvalue weighted by Gasteiger charge is 2.08. The number of rotatable bonds is 9. The SMILES string of the molecule is CNC(=O)c1ccc(CN(C)CC(=O)NCCOc2cccc(C)c2)cc1.